The van der Waals surface area contributed by atoms with Crippen LogP contribution in [0.1, 0.15) is 29.6 Å². The van der Waals surface area contributed by atoms with Crippen molar-refractivity contribution in [1.29, 1.82) is 0 Å². The van der Waals surface area contributed by atoms with Gasteiger partial charge in [0.1, 0.15) is 4.33 Å². The zero-order chi connectivity index (χ0) is 13.2. The molecule has 0 radical (unpaired) electrons. The SMILES string of the molecule is O=C1CC(Cl)(Cl)CCCN1C(=O)c1ccccc1. The van der Waals surface area contributed by atoms with E-state index in [1.54, 1.807) is 24.3 Å². The summed E-state index contributed by atoms with van der Waals surface area (Å²) in [6.07, 6.45) is 1.12. The number of imide groups is 1. The molecular weight excluding hydrogens is 273 g/mol. The van der Waals surface area contributed by atoms with Crippen LogP contribution in [0.2, 0.25) is 0 Å². The number of amides is 2. The number of rotatable bonds is 1. The number of likely N-dealkylation sites (tertiary alicyclic amines) is 1. The maximum Gasteiger partial charge on any atom is 0.260 e. The Balaban J connectivity index is 2.18. The fourth-order valence-electron chi connectivity index (χ4n) is 1.98. The quantitative estimate of drug-likeness (QED) is 0.588. The molecule has 0 atom stereocenters. The standard InChI is InChI=1S/C13H13Cl2NO2/c14-13(15)7-4-8-16(11(17)9-13)12(18)10-5-2-1-3-6-10/h1-3,5-6H,4,7-9H2. The van der Waals surface area contributed by atoms with Gasteiger partial charge in [-0.15, -0.1) is 23.2 Å². The van der Waals surface area contributed by atoms with Crippen LogP contribution in [-0.2, 0) is 4.79 Å². The maximum atomic E-state index is 12.2. The number of hydrogen-bond acceptors (Lipinski definition) is 2. The van der Waals surface area contributed by atoms with Crippen LogP contribution in [0.3, 0.4) is 0 Å². The molecule has 0 N–H and O–H groups in total. The number of carbonyl (C=O) groups excluding carboxylic acids is 2. The summed E-state index contributed by atoms with van der Waals surface area (Å²) in [7, 11) is 0. The van der Waals surface area contributed by atoms with Crippen molar-refractivity contribution in [3.05, 3.63) is 35.9 Å². The van der Waals surface area contributed by atoms with Gasteiger partial charge in [-0.2, -0.15) is 0 Å². The van der Waals surface area contributed by atoms with Crippen LogP contribution >= 0.6 is 23.2 Å². The highest BCUT2D eigenvalue weighted by atomic mass is 35.5. The highest BCUT2D eigenvalue weighted by molar-refractivity contribution is 6.49. The summed E-state index contributed by atoms with van der Waals surface area (Å²) in [5, 5.41) is 0. The molecule has 2 rings (SSSR count). The third-order valence-electron chi connectivity index (χ3n) is 2.90. The molecule has 0 spiro atoms. The lowest BCUT2D eigenvalue weighted by atomic mass is 10.2. The van der Waals surface area contributed by atoms with Crippen LogP contribution in [0.5, 0.6) is 0 Å². The second-order valence-corrected chi connectivity index (χ2v) is 5.99. The third-order valence-corrected chi connectivity index (χ3v) is 3.55. The van der Waals surface area contributed by atoms with Crippen molar-refractivity contribution in [2.24, 2.45) is 0 Å². The molecule has 96 valence electrons. The molecule has 0 unspecified atom stereocenters. The van der Waals surface area contributed by atoms with Gasteiger partial charge in [0.15, 0.2) is 0 Å². The fraction of sp³-hybridized carbons (Fsp3) is 0.385. The summed E-state index contributed by atoms with van der Waals surface area (Å²) in [6, 6.07) is 8.74. The van der Waals surface area contributed by atoms with Gasteiger partial charge < -0.3 is 0 Å². The lowest BCUT2D eigenvalue weighted by Gasteiger charge is -2.19. The highest BCUT2D eigenvalue weighted by Gasteiger charge is 2.35. The predicted octanol–water partition coefficient (Wildman–Crippen LogP) is 3.01. The monoisotopic (exact) mass is 285 g/mol. The number of alkyl halides is 2. The van der Waals surface area contributed by atoms with Gasteiger partial charge in [-0.3, -0.25) is 14.5 Å². The van der Waals surface area contributed by atoms with E-state index >= 15 is 0 Å². The molecular formula is C13H13Cl2NO2. The van der Waals surface area contributed by atoms with Crippen LogP contribution in [0.25, 0.3) is 0 Å². The number of nitrogens with zero attached hydrogens (tertiary/aromatic N) is 1. The van der Waals surface area contributed by atoms with E-state index in [4.69, 9.17) is 23.2 Å². The van der Waals surface area contributed by atoms with Crippen LogP contribution in [-0.4, -0.2) is 27.6 Å². The molecule has 0 aromatic heterocycles. The topological polar surface area (TPSA) is 37.4 Å². The number of hydrogen-bond donors (Lipinski definition) is 0. The summed E-state index contributed by atoms with van der Waals surface area (Å²) in [6.45, 7) is 0.369. The Labute approximate surface area is 116 Å². The van der Waals surface area contributed by atoms with Crippen LogP contribution in [0.15, 0.2) is 30.3 Å². The molecule has 18 heavy (non-hydrogen) atoms. The lowest BCUT2D eigenvalue weighted by molar-refractivity contribution is -0.128. The molecule has 1 aromatic carbocycles. The molecule has 1 aliphatic rings. The second-order valence-electron chi connectivity index (χ2n) is 4.35. The first-order chi connectivity index (χ1) is 8.49. The van der Waals surface area contributed by atoms with Gasteiger partial charge in [0, 0.05) is 12.1 Å². The van der Waals surface area contributed by atoms with Gasteiger partial charge in [0.05, 0.1) is 6.42 Å². The molecule has 0 aliphatic carbocycles. The minimum Gasteiger partial charge on any atom is -0.278 e. The minimum atomic E-state index is -1.05. The van der Waals surface area contributed by atoms with E-state index < -0.39 is 4.33 Å². The highest BCUT2D eigenvalue weighted by Crippen LogP contribution is 2.34. The Morgan fingerprint density at radius 3 is 2.56 bits per heavy atom. The Hall–Kier alpha value is -1.06. The van der Waals surface area contributed by atoms with Crippen molar-refractivity contribution in [2.75, 3.05) is 6.54 Å². The van der Waals surface area contributed by atoms with Gasteiger partial charge in [-0.1, -0.05) is 18.2 Å². The molecule has 1 aliphatic heterocycles. The van der Waals surface area contributed by atoms with Crippen molar-refractivity contribution in [1.82, 2.24) is 4.90 Å². The zero-order valence-electron chi connectivity index (χ0n) is 9.73. The normalized spacial score (nSPS) is 19.4. The first-order valence-corrected chi connectivity index (χ1v) is 6.53. The van der Waals surface area contributed by atoms with Crippen molar-refractivity contribution in [3.63, 3.8) is 0 Å². The first-order valence-electron chi connectivity index (χ1n) is 5.77. The summed E-state index contributed by atoms with van der Waals surface area (Å²) < 4.78 is -1.05. The van der Waals surface area contributed by atoms with Crippen LogP contribution < -0.4 is 0 Å². The van der Waals surface area contributed by atoms with Crippen molar-refractivity contribution in [3.8, 4) is 0 Å². The fourth-order valence-corrected chi connectivity index (χ4v) is 2.47. The average molecular weight is 286 g/mol. The Morgan fingerprint density at radius 1 is 1.22 bits per heavy atom. The van der Waals surface area contributed by atoms with E-state index in [0.29, 0.717) is 24.9 Å². The van der Waals surface area contributed by atoms with Gasteiger partial charge in [0.2, 0.25) is 5.91 Å². The van der Waals surface area contributed by atoms with E-state index in [1.807, 2.05) is 6.07 Å². The Bertz CT molecular complexity index is 459. The van der Waals surface area contributed by atoms with Crippen LogP contribution in [0, 0.1) is 0 Å². The molecule has 5 heteroatoms. The second kappa shape index (κ2) is 5.29. The van der Waals surface area contributed by atoms with Crippen molar-refractivity contribution < 1.29 is 9.59 Å². The van der Waals surface area contributed by atoms with Gasteiger partial charge in [-0.05, 0) is 25.0 Å². The Kier molecular flexibility index (Phi) is 3.93. The minimum absolute atomic E-state index is 0.0192. The van der Waals surface area contributed by atoms with E-state index in [2.05, 4.69) is 0 Å². The van der Waals surface area contributed by atoms with E-state index in [0.717, 1.165) is 0 Å². The third kappa shape index (κ3) is 3.03. The van der Waals surface area contributed by atoms with Gasteiger partial charge >= 0.3 is 0 Å². The summed E-state index contributed by atoms with van der Waals surface area (Å²) in [4.78, 5) is 25.4. The first kappa shape index (κ1) is 13.4. The zero-order valence-corrected chi connectivity index (χ0v) is 11.2. The molecule has 1 aromatic rings. The van der Waals surface area contributed by atoms with E-state index in [1.165, 1.54) is 4.90 Å². The van der Waals surface area contributed by atoms with Gasteiger partial charge in [-0.25, -0.2) is 0 Å². The number of halogens is 2. The molecule has 1 heterocycles. The molecule has 1 fully saturated rings. The van der Waals surface area contributed by atoms with Crippen LogP contribution in [0.4, 0.5) is 0 Å². The largest absolute Gasteiger partial charge is 0.278 e. The smallest absolute Gasteiger partial charge is 0.260 e. The number of carbonyl (C=O) groups is 2. The predicted molar refractivity (Wildman–Crippen MR) is 70.8 cm³/mol. The molecule has 2 amide bonds. The van der Waals surface area contributed by atoms with E-state index in [9.17, 15) is 9.59 Å². The molecule has 0 bridgehead atoms. The lowest BCUT2D eigenvalue weighted by Crippen LogP contribution is -2.37. The summed E-state index contributed by atoms with van der Waals surface area (Å²) in [5.74, 6) is -0.599. The molecule has 1 saturated heterocycles. The van der Waals surface area contributed by atoms with E-state index in [-0.39, 0.29) is 18.2 Å². The maximum absolute atomic E-state index is 12.2. The van der Waals surface area contributed by atoms with Crippen molar-refractivity contribution >= 4 is 35.0 Å². The molecule has 0 saturated carbocycles. The summed E-state index contributed by atoms with van der Waals surface area (Å²) >= 11 is 12.0. The number of benzene rings is 1. The summed E-state index contributed by atoms with van der Waals surface area (Å²) in [5.41, 5.74) is 0.502. The van der Waals surface area contributed by atoms with Crippen molar-refractivity contribution in [2.45, 2.75) is 23.6 Å². The molecule has 3 nitrogen and oxygen atoms in total. The Morgan fingerprint density at radius 2 is 1.89 bits per heavy atom. The average Bonchev–Trinajstić information content (AvgIpc) is 2.47. The van der Waals surface area contributed by atoms with Gasteiger partial charge in [0.25, 0.3) is 5.91 Å².